The molecule has 0 saturated carbocycles. The molecule has 0 aromatic heterocycles. The molecule has 0 aliphatic rings. The summed E-state index contributed by atoms with van der Waals surface area (Å²) in [5.74, 6) is 0.762. The highest BCUT2D eigenvalue weighted by Gasteiger charge is 2.00. The standard InChI is InChI=1S/C9H21NO2S/c1-4-9(2)7-5-6-8-10-13(3,11)12/h9-10H,4-8H2,1-3H3. The average molecular weight is 207 g/mol. The van der Waals surface area contributed by atoms with E-state index in [1.54, 1.807) is 0 Å². The van der Waals surface area contributed by atoms with Crippen LogP contribution in [0.5, 0.6) is 0 Å². The van der Waals surface area contributed by atoms with Crippen LogP contribution in [0.3, 0.4) is 0 Å². The van der Waals surface area contributed by atoms with Crippen LogP contribution in [0.15, 0.2) is 0 Å². The third kappa shape index (κ3) is 9.83. The lowest BCUT2D eigenvalue weighted by Gasteiger charge is -2.07. The van der Waals surface area contributed by atoms with Crippen LogP contribution in [0.4, 0.5) is 0 Å². The Labute approximate surface area is 82.0 Å². The molecule has 80 valence electrons. The quantitative estimate of drug-likeness (QED) is 0.646. The van der Waals surface area contributed by atoms with Crippen LogP contribution in [-0.2, 0) is 10.0 Å². The van der Waals surface area contributed by atoms with Crippen molar-refractivity contribution in [1.82, 2.24) is 4.72 Å². The summed E-state index contributed by atoms with van der Waals surface area (Å²) in [4.78, 5) is 0. The van der Waals surface area contributed by atoms with Crippen molar-refractivity contribution in [1.29, 1.82) is 0 Å². The summed E-state index contributed by atoms with van der Waals surface area (Å²) in [5, 5.41) is 0. The summed E-state index contributed by atoms with van der Waals surface area (Å²) in [5.41, 5.74) is 0. The molecule has 0 aliphatic carbocycles. The van der Waals surface area contributed by atoms with Crippen molar-refractivity contribution in [3.8, 4) is 0 Å². The second kappa shape index (κ2) is 6.38. The Morgan fingerprint density at radius 2 is 1.92 bits per heavy atom. The monoisotopic (exact) mass is 207 g/mol. The second-order valence-corrected chi connectivity index (χ2v) is 5.51. The molecule has 4 heteroatoms. The van der Waals surface area contributed by atoms with E-state index in [0.717, 1.165) is 18.8 Å². The number of unbranched alkanes of at least 4 members (excludes halogenated alkanes) is 1. The lowest BCUT2D eigenvalue weighted by Crippen LogP contribution is -2.22. The highest BCUT2D eigenvalue weighted by atomic mass is 32.2. The molecule has 0 spiro atoms. The molecule has 0 rings (SSSR count). The van der Waals surface area contributed by atoms with E-state index in [-0.39, 0.29) is 0 Å². The van der Waals surface area contributed by atoms with Gasteiger partial charge in [0.15, 0.2) is 0 Å². The van der Waals surface area contributed by atoms with E-state index >= 15 is 0 Å². The zero-order valence-corrected chi connectivity index (χ0v) is 9.65. The smallest absolute Gasteiger partial charge is 0.208 e. The first-order valence-electron chi connectivity index (χ1n) is 4.90. The zero-order chi connectivity index (χ0) is 10.3. The third-order valence-electron chi connectivity index (χ3n) is 2.18. The lowest BCUT2D eigenvalue weighted by atomic mass is 10.0. The highest BCUT2D eigenvalue weighted by molar-refractivity contribution is 7.88. The van der Waals surface area contributed by atoms with Gasteiger partial charge in [-0.2, -0.15) is 0 Å². The molecule has 1 N–H and O–H groups in total. The average Bonchev–Trinajstić information content (AvgIpc) is 2.01. The van der Waals surface area contributed by atoms with Gasteiger partial charge in [-0.15, -0.1) is 0 Å². The summed E-state index contributed by atoms with van der Waals surface area (Å²) in [7, 11) is -2.98. The van der Waals surface area contributed by atoms with Gasteiger partial charge in [-0.3, -0.25) is 0 Å². The summed E-state index contributed by atoms with van der Waals surface area (Å²) >= 11 is 0. The molecular weight excluding hydrogens is 186 g/mol. The molecule has 0 heterocycles. The Hall–Kier alpha value is -0.0900. The van der Waals surface area contributed by atoms with E-state index in [0.29, 0.717) is 6.54 Å². The molecule has 0 aromatic carbocycles. The second-order valence-electron chi connectivity index (χ2n) is 3.68. The fourth-order valence-electron chi connectivity index (χ4n) is 1.08. The molecular formula is C9H21NO2S. The number of sulfonamides is 1. The van der Waals surface area contributed by atoms with Crippen LogP contribution in [0.25, 0.3) is 0 Å². The number of rotatable bonds is 7. The lowest BCUT2D eigenvalue weighted by molar-refractivity contribution is 0.483. The molecule has 0 aromatic rings. The Bertz CT molecular complexity index is 212. The van der Waals surface area contributed by atoms with Gasteiger partial charge in [-0.05, 0) is 12.3 Å². The predicted octanol–water partition coefficient (Wildman–Crippen LogP) is 1.75. The van der Waals surface area contributed by atoms with Crippen LogP contribution in [0, 0.1) is 5.92 Å². The van der Waals surface area contributed by atoms with Gasteiger partial charge in [-0.25, -0.2) is 13.1 Å². The third-order valence-corrected chi connectivity index (χ3v) is 2.91. The Balaban J connectivity index is 3.27. The molecule has 1 atom stereocenters. The van der Waals surface area contributed by atoms with Crippen molar-refractivity contribution in [3.05, 3.63) is 0 Å². The number of nitrogens with one attached hydrogen (secondary N) is 1. The predicted molar refractivity (Wildman–Crippen MR) is 56.2 cm³/mol. The highest BCUT2D eigenvalue weighted by Crippen LogP contribution is 2.10. The van der Waals surface area contributed by atoms with Gasteiger partial charge >= 0.3 is 0 Å². The van der Waals surface area contributed by atoms with Crippen molar-refractivity contribution >= 4 is 10.0 Å². The maximum absolute atomic E-state index is 10.7. The van der Waals surface area contributed by atoms with Crippen molar-refractivity contribution in [3.63, 3.8) is 0 Å². The number of hydrogen-bond acceptors (Lipinski definition) is 2. The van der Waals surface area contributed by atoms with Crippen LogP contribution in [0.1, 0.15) is 39.5 Å². The first kappa shape index (κ1) is 12.9. The van der Waals surface area contributed by atoms with E-state index < -0.39 is 10.0 Å². The minimum atomic E-state index is -2.98. The van der Waals surface area contributed by atoms with Gasteiger partial charge < -0.3 is 0 Å². The van der Waals surface area contributed by atoms with Gasteiger partial charge in [0.2, 0.25) is 10.0 Å². The van der Waals surface area contributed by atoms with Gasteiger partial charge in [-0.1, -0.05) is 33.1 Å². The van der Waals surface area contributed by atoms with E-state index in [2.05, 4.69) is 18.6 Å². The van der Waals surface area contributed by atoms with Crippen molar-refractivity contribution in [2.45, 2.75) is 39.5 Å². The summed E-state index contributed by atoms with van der Waals surface area (Å²) in [6, 6.07) is 0. The summed E-state index contributed by atoms with van der Waals surface area (Å²) < 4.78 is 23.8. The van der Waals surface area contributed by atoms with E-state index in [1.807, 2.05) is 0 Å². The fourth-order valence-corrected chi connectivity index (χ4v) is 1.59. The minimum Gasteiger partial charge on any atom is -0.215 e. The SMILES string of the molecule is CCC(C)CCCCNS(C)(=O)=O. The Morgan fingerprint density at radius 1 is 1.31 bits per heavy atom. The van der Waals surface area contributed by atoms with Gasteiger partial charge in [0, 0.05) is 6.54 Å². The van der Waals surface area contributed by atoms with Crippen LogP contribution < -0.4 is 4.72 Å². The summed E-state index contributed by atoms with van der Waals surface area (Å²) in [6.45, 7) is 4.98. The van der Waals surface area contributed by atoms with E-state index in [1.165, 1.54) is 19.1 Å². The van der Waals surface area contributed by atoms with Crippen molar-refractivity contribution < 1.29 is 8.42 Å². The molecule has 1 unspecified atom stereocenters. The molecule has 0 bridgehead atoms. The van der Waals surface area contributed by atoms with Gasteiger partial charge in [0.1, 0.15) is 0 Å². The topological polar surface area (TPSA) is 46.2 Å². The first-order chi connectivity index (χ1) is 5.95. The van der Waals surface area contributed by atoms with Gasteiger partial charge in [0.25, 0.3) is 0 Å². The Kier molecular flexibility index (Phi) is 6.33. The normalized spacial score (nSPS) is 14.4. The fraction of sp³-hybridized carbons (Fsp3) is 1.00. The number of hydrogen-bond donors (Lipinski definition) is 1. The van der Waals surface area contributed by atoms with Crippen molar-refractivity contribution in [2.24, 2.45) is 5.92 Å². The van der Waals surface area contributed by atoms with Crippen LogP contribution in [-0.4, -0.2) is 21.2 Å². The summed E-state index contributed by atoms with van der Waals surface area (Å²) in [6.07, 6.45) is 5.65. The largest absolute Gasteiger partial charge is 0.215 e. The molecule has 0 saturated heterocycles. The zero-order valence-electron chi connectivity index (χ0n) is 8.84. The Morgan fingerprint density at radius 3 is 2.38 bits per heavy atom. The van der Waals surface area contributed by atoms with Crippen molar-refractivity contribution in [2.75, 3.05) is 12.8 Å². The molecule has 0 fully saturated rings. The maximum Gasteiger partial charge on any atom is 0.208 e. The minimum absolute atomic E-state index is 0.579. The molecule has 0 aliphatic heterocycles. The van der Waals surface area contributed by atoms with E-state index in [9.17, 15) is 8.42 Å². The molecule has 0 amide bonds. The van der Waals surface area contributed by atoms with Crippen LogP contribution in [0.2, 0.25) is 0 Å². The molecule has 0 radical (unpaired) electrons. The molecule has 3 nitrogen and oxygen atoms in total. The first-order valence-corrected chi connectivity index (χ1v) is 6.79. The van der Waals surface area contributed by atoms with Gasteiger partial charge in [0.05, 0.1) is 6.26 Å². The van der Waals surface area contributed by atoms with E-state index in [4.69, 9.17) is 0 Å². The maximum atomic E-state index is 10.7. The van der Waals surface area contributed by atoms with Crippen LogP contribution >= 0.6 is 0 Å². The molecule has 13 heavy (non-hydrogen) atoms.